The zero-order valence-electron chi connectivity index (χ0n) is 13.6. The summed E-state index contributed by atoms with van der Waals surface area (Å²) in [5.41, 5.74) is 0.633. The van der Waals surface area contributed by atoms with Gasteiger partial charge in [-0.2, -0.15) is 5.10 Å². The Morgan fingerprint density at radius 3 is 2.83 bits per heavy atom. The number of piperidine rings is 1. The van der Waals surface area contributed by atoms with Crippen LogP contribution < -0.4 is 5.69 Å². The molecule has 2 unspecified atom stereocenters. The fourth-order valence-electron chi connectivity index (χ4n) is 3.20. The summed E-state index contributed by atoms with van der Waals surface area (Å²) in [6.07, 6.45) is 2.17. The molecule has 1 saturated heterocycles. The maximum Gasteiger partial charge on any atom is 0.340 e. The van der Waals surface area contributed by atoms with Gasteiger partial charge in [0.05, 0.1) is 0 Å². The van der Waals surface area contributed by atoms with Crippen molar-refractivity contribution >= 4 is 5.91 Å². The summed E-state index contributed by atoms with van der Waals surface area (Å²) >= 11 is 0. The Hall–Kier alpha value is -2.44. The van der Waals surface area contributed by atoms with Crippen LogP contribution in [0.25, 0.3) is 0 Å². The summed E-state index contributed by atoms with van der Waals surface area (Å²) < 4.78 is 13.0. The van der Waals surface area contributed by atoms with E-state index in [-0.39, 0.29) is 29.2 Å². The molecule has 2 aromatic rings. The zero-order valence-corrected chi connectivity index (χ0v) is 13.6. The van der Waals surface area contributed by atoms with Gasteiger partial charge in [0, 0.05) is 25.4 Å². The Morgan fingerprint density at radius 2 is 2.17 bits per heavy atom. The molecule has 128 valence electrons. The third-order valence-corrected chi connectivity index (χ3v) is 4.60. The minimum absolute atomic E-state index is 0.0312. The SMILES string of the molecule is CC(CC(=O)N1CCCC(c2n[nH]c(=O)[nH]2)C1)c1ccc(F)cc1. The minimum atomic E-state index is -0.321. The molecule has 24 heavy (non-hydrogen) atoms. The normalized spacial score (nSPS) is 19.2. The van der Waals surface area contributed by atoms with Crippen LogP contribution in [0, 0.1) is 5.82 Å². The molecule has 1 aromatic heterocycles. The van der Waals surface area contributed by atoms with Crippen LogP contribution in [0.4, 0.5) is 4.39 Å². The van der Waals surface area contributed by atoms with E-state index in [0.29, 0.717) is 18.8 Å². The lowest BCUT2D eigenvalue weighted by molar-refractivity contribution is -0.132. The largest absolute Gasteiger partial charge is 0.342 e. The molecule has 3 rings (SSSR count). The van der Waals surface area contributed by atoms with Crippen LogP contribution >= 0.6 is 0 Å². The molecule has 2 heterocycles. The second-order valence-electron chi connectivity index (χ2n) is 6.40. The number of amides is 1. The summed E-state index contributed by atoms with van der Waals surface area (Å²) in [5.74, 6) is 0.508. The number of aromatic amines is 2. The number of benzene rings is 1. The summed E-state index contributed by atoms with van der Waals surface area (Å²) in [5, 5.41) is 6.36. The molecule has 0 bridgehead atoms. The summed E-state index contributed by atoms with van der Waals surface area (Å²) in [6.45, 7) is 3.26. The summed E-state index contributed by atoms with van der Waals surface area (Å²) in [7, 11) is 0. The maximum atomic E-state index is 13.0. The van der Waals surface area contributed by atoms with E-state index in [9.17, 15) is 14.0 Å². The van der Waals surface area contributed by atoms with Crippen molar-refractivity contribution in [2.75, 3.05) is 13.1 Å². The molecule has 0 radical (unpaired) electrons. The molecular formula is C17H21FN4O2. The third-order valence-electron chi connectivity index (χ3n) is 4.60. The molecule has 1 aromatic carbocycles. The van der Waals surface area contributed by atoms with Gasteiger partial charge in [-0.3, -0.25) is 9.78 Å². The van der Waals surface area contributed by atoms with Gasteiger partial charge in [-0.15, -0.1) is 0 Å². The van der Waals surface area contributed by atoms with Gasteiger partial charge in [-0.25, -0.2) is 14.3 Å². The minimum Gasteiger partial charge on any atom is -0.342 e. The van der Waals surface area contributed by atoms with Crippen molar-refractivity contribution in [1.29, 1.82) is 0 Å². The number of rotatable bonds is 4. The first-order valence-corrected chi connectivity index (χ1v) is 8.20. The van der Waals surface area contributed by atoms with Crippen LogP contribution in [0.15, 0.2) is 29.1 Å². The van der Waals surface area contributed by atoms with Crippen molar-refractivity contribution in [2.45, 2.75) is 38.0 Å². The number of aromatic nitrogens is 3. The molecule has 1 aliphatic rings. The van der Waals surface area contributed by atoms with Crippen LogP contribution in [-0.2, 0) is 4.79 Å². The number of hydrogen-bond acceptors (Lipinski definition) is 3. The maximum absolute atomic E-state index is 13.0. The van der Waals surface area contributed by atoms with Gasteiger partial charge < -0.3 is 4.90 Å². The first-order chi connectivity index (χ1) is 11.5. The Kier molecular flexibility index (Phi) is 4.78. The monoisotopic (exact) mass is 332 g/mol. The fourth-order valence-corrected chi connectivity index (χ4v) is 3.20. The number of carbonyl (C=O) groups is 1. The number of hydrogen-bond donors (Lipinski definition) is 2. The molecule has 6 nitrogen and oxygen atoms in total. The lowest BCUT2D eigenvalue weighted by Gasteiger charge is -2.32. The second-order valence-corrected chi connectivity index (χ2v) is 6.40. The van der Waals surface area contributed by atoms with Gasteiger partial charge in [0.25, 0.3) is 0 Å². The zero-order chi connectivity index (χ0) is 17.1. The molecule has 0 aliphatic carbocycles. The fraction of sp³-hybridized carbons (Fsp3) is 0.471. The summed E-state index contributed by atoms with van der Waals surface area (Å²) in [4.78, 5) is 28.3. The van der Waals surface area contributed by atoms with Gasteiger partial charge in [0.1, 0.15) is 11.6 Å². The van der Waals surface area contributed by atoms with E-state index in [1.54, 1.807) is 12.1 Å². The highest BCUT2D eigenvalue weighted by Gasteiger charge is 2.27. The number of halogens is 1. The van der Waals surface area contributed by atoms with E-state index in [2.05, 4.69) is 15.2 Å². The quantitative estimate of drug-likeness (QED) is 0.900. The smallest absolute Gasteiger partial charge is 0.340 e. The van der Waals surface area contributed by atoms with Crippen LogP contribution in [0.1, 0.15) is 49.4 Å². The topological polar surface area (TPSA) is 81.8 Å². The average Bonchev–Trinajstić information content (AvgIpc) is 3.02. The van der Waals surface area contributed by atoms with Crippen LogP contribution in [0.5, 0.6) is 0 Å². The van der Waals surface area contributed by atoms with Crippen molar-refractivity contribution in [3.8, 4) is 0 Å². The van der Waals surface area contributed by atoms with E-state index in [4.69, 9.17) is 0 Å². The average molecular weight is 332 g/mol. The highest BCUT2D eigenvalue weighted by molar-refractivity contribution is 5.77. The molecular weight excluding hydrogens is 311 g/mol. The Labute approximate surface area is 139 Å². The molecule has 1 amide bonds. The number of nitrogens with one attached hydrogen (secondary N) is 2. The van der Waals surface area contributed by atoms with E-state index in [1.807, 2.05) is 11.8 Å². The molecule has 1 fully saturated rings. The first-order valence-electron chi connectivity index (χ1n) is 8.20. The van der Waals surface area contributed by atoms with E-state index in [1.165, 1.54) is 12.1 Å². The number of carbonyl (C=O) groups excluding carboxylic acids is 1. The summed E-state index contributed by atoms with van der Waals surface area (Å²) in [6, 6.07) is 6.28. The van der Waals surface area contributed by atoms with Gasteiger partial charge >= 0.3 is 5.69 Å². The van der Waals surface area contributed by atoms with Crippen LogP contribution in [-0.4, -0.2) is 39.1 Å². The standard InChI is InChI=1S/C17H21FN4O2/c1-11(12-4-6-14(18)7-5-12)9-15(23)22-8-2-3-13(10-22)16-19-17(24)21-20-16/h4-7,11,13H,2-3,8-10H2,1H3,(H2,19,20,21,24). The molecule has 0 saturated carbocycles. The van der Waals surface area contributed by atoms with Gasteiger partial charge in [-0.05, 0) is 36.5 Å². The highest BCUT2D eigenvalue weighted by Crippen LogP contribution is 2.26. The highest BCUT2D eigenvalue weighted by atomic mass is 19.1. The van der Waals surface area contributed by atoms with Crippen molar-refractivity contribution in [3.63, 3.8) is 0 Å². The Balaban J connectivity index is 1.61. The van der Waals surface area contributed by atoms with Crippen molar-refractivity contribution in [2.24, 2.45) is 0 Å². The van der Waals surface area contributed by atoms with E-state index < -0.39 is 0 Å². The second kappa shape index (κ2) is 6.98. The number of H-pyrrole nitrogens is 2. The van der Waals surface area contributed by atoms with Gasteiger partial charge in [0.2, 0.25) is 5.91 Å². The molecule has 7 heteroatoms. The Bertz CT molecular complexity index is 752. The lowest BCUT2D eigenvalue weighted by Crippen LogP contribution is -2.39. The van der Waals surface area contributed by atoms with E-state index >= 15 is 0 Å². The number of likely N-dealkylation sites (tertiary alicyclic amines) is 1. The van der Waals surface area contributed by atoms with Crippen molar-refractivity contribution < 1.29 is 9.18 Å². The Morgan fingerprint density at radius 1 is 1.42 bits per heavy atom. The number of nitrogens with zero attached hydrogens (tertiary/aromatic N) is 2. The van der Waals surface area contributed by atoms with Gasteiger partial charge in [0.15, 0.2) is 0 Å². The van der Waals surface area contributed by atoms with Crippen LogP contribution in [0.2, 0.25) is 0 Å². The van der Waals surface area contributed by atoms with Crippen molar-refractivity contribution in [3.05, 3.63) is 52.0 Å². The van der Waals surface area contributed by atoms with Crippen LogP contribution in [0.3, 0.4) is 0 Å². The lowest BCUT2D eigenvalue weighted by atomic mass is 9.94. The third kappa shape index (κ3) is 3.72. The van der Waals surface area contributed by atoms with Crippen molar-refractivity contribution in [1.82, 2.24) is 20.1 Å². The predicted molar refractivity (Wildman–Crippen MR) is 87.2 cm³/mol. The van der Waals surface area contributed by atoms with E-state index in [0.717, 1.165) is 24.9 Å². The first kappa shape index (κ1) is 16.4. The molecule has 2 atom stereocenters. The molecule has 1 aliphatic heterocycles. The predicted octanol–water partition coefficient (Wildman–Crippen LogP) is 2.14. The molecule has 0 spiro atoms. The molecule has 2 N–H and O–H groups in total. The van der Waals surface area contributed by atoms with Gasteiger partial charge in [-0.1, -0.05) is 19.1 Å².